The fourth-order valence-corrected chi connectivity index (χ4v) is 4.21. The zero-order valence-electron chi connectivity index (χ0n) is 19.0. The van der Waals surface area contributed by atoms with Gasteiger partial charge in [-0.05, 0) is 49.6 Å². The number of benzene rings is 2. The minimum atomic E-state index is -2.69. The predicted octanol–water partition coefficient (Wildman–Crippen LogP) is 4.33. The molecule has 1 aromatic heterocycles. The van der Waals surface area contributed by atoms with Crippen LogP contribution in [0.2, 0.25) is 5.02 Å². The molecule has 1 aliphatic heterocycles. The molecule has 4 rings (SSSR count). The molecule has 1 amide bonds. The van der Waals surface area contributed by atoms with Gasteiger partial charge in [-0.3, -0.25) is 9.59 Å². The summed E-state index contributed by atoms with van der Waals surface area (Å²) in [5.74, 6) is -3.12. The Kier molecular flexibility index (Phi) is 7.87. The van der Waals surface area contributed by atoms with Crippen LogP contribution in [0.15, 0.2) is 48.7 Å². The van der Waals surface area contributed by atoms with Crippen molar-refractivity contribution in [3.63, 3.8) is 0 Å². The van der Waals surface area contributed by atoms with Crippen molar-refractivity contribution >= 4 is 45.9 Å². The van der Waals surface area contributed by atoms with E-state index in [0.29, 0.717) is 42.0 Å². The standard InChI is InChI=1S/C25H21Cl2FN4O4/c26-16-8-9-19-20(12-16)30-13-22(31-19)35-14-17(27)23(33)25(15-29,24(34)32-10-4-1-5-11-32)36-21-7-3-2-6-18(21)28/h2-3,6-9,12-13,17H,1,4-5,10-11,14H2. The van der Waals surface area contributed by atoms with Crippen LogP contribution in [0.5, 0.6) is 11.6 Å². The zero-order valence-corrected chi connectivity index (χ0v) is 20.5. The number of amides is 1. The second-order valence-electron chi connectivity index (χ2n) is 8.16. The van der Waals surface area contributed by atoms with Crippen LogP contribution in [0.1, 0.15) is 19.3 Å². The molecule has 2 unspecified atom stereocenters. The second kappa shape index (κ2) is 11.1. The molecule has 8 nitrogen and oxygen atoms in total. The number of carbonyl (C=O) groups excluding carboxylic acids is 2. The van der Waals surface area contributed by atoms with Gasteiger partial charge in [0.2, 0.25) is 11.7 Å². The summed E-state index contributed by atoms with van der Waals surface area (Å²) in [7, 11) is 0. The normalized spacial score (nSPS) is 16.0. The number of likely N-dealkylation sites (tertiary alicyclic amines) is 1. The first kappa shape index (κ1) is 25.6. The molecule has 2 heterocycles. The number of fused-ring (bicyclic) bond motifs is 1. The Labute approximate surface area is 216 Å². The summed E-state index contributed by atoms with van der Waals surface area (Å²) in [4.78, 5) is 36.8. The lowest BCUT2D eigenvalue weighted by molar-refractivity contribution is -0.152. The van der Waals surface area contributed by atoms with Gasteiger partial charge in [0.05, 0.1) is 17.2 Å². The number of carbonyl (C=O) groups is 2. The van der Waals surface area contributed by atoms with Gasteiger partial charge in [0.1, 0.15) is 18.1 Å². The molecule has 2 atom stereocenters. The van der Waals surface area contributed by atoms with Crippen molar-refractivity contribution in [2.24, 2.45) is 0 Å². The van der Waals surface area contributed by atoms with Gasteiger partial charge in [-0.25, -0.2) is 14.4 Å². The summed E-state index contributed by atoms with van der Waals surface area (Å²) >= 11 is 12.3. The summed E-state index contributed by atoms with van der Waals surface area (Å²) in [6.45, 7) is 0.248. The number of para-hydroxylation sites is 1. The smallest absolute Gasteiger partial charge is 0.332 e. The van der Waals surface area contributed by atoms with E-state index >= 15 is 0 Å². The molecule has 0 bridgehead atoms. The van der Waals surface area contributed by atoms with Gasteiger partial charge in [0.15, 0.2) is 11.6 Å². The van der Waals surface area contributed by atoms with E-state index in [1.54, 1.807) is 24.3 Å². The lowest BCUT2D eigenvalue weighted by atomic mass is 9.93. The number of nitriles is 1. The van der Waals surface area contributed by atoms with Gasteiger partial charge >= 0.3 is 5.60 Å². The molecule has 36 heavy (non-hydrogen) atoms. The van der Waals surface area contributed by atoms with Crippen LogP contribution in [-0.4, -0.2) is 57.2 Å². The van der Waals surface area contributed by atoms with E-state index in [4.69, 9.17) is 32.7 Å². The van der Waals surface area contributed by atoms with Crippen molar-refractivity contribution in [3.05, 3.63) is 59.5 Å². The molecular weight excluding hydrogens is 510 g/mol. The highest BCUT2D eigenvalue weighted by Crippen LogP contribution is 2.28. The van der Waals surface area contributed by atoms with Crippen molar-refractivity contribution in [1.82, 2.24) is 14.9 Å². The molecule has 0 spiro atoms. The van der Waals surface area contributed by atoms with Crippen molar-refractivity contribution in [2.75, 3.05) is 19.7 Å². The molecule has 0 saturated carbocycles. The Bertz CT molecular complexity index is 1330. The summed E-state index contributed by atoms with van der Waals surface area (Å²) in [6.07, 6.45) is 3.66. The van der Waals surface area contributed by atoms with Gasteiger partial charge < -0.3 is 14.4 Å². The number of ether oxygens (including phenoxy) is 2. The fraction of sp³-hybridized carbons (Fsp3) is 0.320. The summed E-state index contributed by atoms with van der Waals surface area (Å²) in [5, 5.41) is 9.08. The maximum absolute atomic E-state index is 14.4. The molecule has 186 valence electrons. The molecule has 2 aromatic carbocycles. The van der Waals surface area contributed by atoms with Crippen molar-refractivity contribution in [3.8, 4) is 17.7 Å². The van der Waals surface area contributed by atoms with E-state index in [1.807, 2.05) is 0 Å². The van der Waals surface area contributed by atoms with Crippen LogP contribution in [0.3, 0.4) is 0 Å². The maximum Gasteiger partial charge on any atom is 0.332 e. The topological polar surface area (TPSA) is 105 Å². The lowest BCUT2D eigenvalue weighted by Crippen LogP contribution is -2.60. The number of ketones is 1. The maximum atomic E-state index is 14.4. The molecule has 1 aliphatic rings. The Morgan fingerprint density at radius 2 is 1.92 bits per heavy atom. The van der Waals surface area contributed by atoms with Gasteiger partial charge in [-0.15, -0.1) is 11.6 Å². The molecule has 3 aromatic rings. The zero-order chi connectivity index (χ0) is 25.7. The highest BCUT2D eigenvalue weighted by atomic mass is 35.5. The minimum absolute atomic E-state index is 0.0724. The molecular formula is C25H21Cl2FN4O4. The fourth-order valence-electron chi connectivity index (χ4n) is 3.83. The summed E-state index contributed by atoms with van der Waals surface area (Å²) < 4.78 is 25.5. The van der Waals surface area contributed by atoms with E-state index < -0.39 is 40.8 Å². The highest BCUT2D eigenvalue weighted by Gasteiger charge is 2.54. The van der Waals surface area contributed by atoms with Crippen molar-refractivity contribution in [2.45, 2.75) is 30.2 Å². The third-order valence-corrected chi connectivity index (χ3v) is 6.25. The number of nitrogens with zero attached hydrogens (tertiary/aromatic N) is 4. The quantitative estimate of drug-likeness (QED) is 0.315. The average Bonchev–Trinajstić information content (AvgIpc) is 2.91. The van der Waals surface area contributed by atoms with E-state index in [2.05, 4.69) is 9.97 Å². The van der Waals surface area contributed by atoms with E-state index in [1.165, 1.54) is 29.3 Å². The number of Topliss-reactive ketones (excluding diaryl/α,β-unsaturated/α-hetero) is 1. The monoisotopic (exact) mass is 530 g/mol. The number of halogens is 3. The lowest BCUT2D eigenvalue weighted by Gasteiger charge is -2.34. The number of hydrogen-bond acceptors (Lipinski definition) is 7. The van der Waals surface area contributed by atoms with Crippen LogP contribution in [0.25, 0.3) is 11.0 Å². The van der Waals surface area contributed by atoms with E-state index in [-0.39, 0.29) is 5.88 Å². The SMILES string of the molecule is N#CC(Oc1ccccc1F)(C(=O)C(Cl)COc1cnc2cc(Cl)ccc2n1)C(=O)N1CCCCC1. The Balaban J connectivity index is 1.58. The third-order valence-electron chi connectivity index (χ3n) is 5.69. The van der Waals surface area contributed by atoms with Gasteiger partial charge in [0, 0.05) is 18.1 Å². The van der Waals surface area contributed by atoms with E-state index in [0.717, 1.165) is 12.5 Å². The average molecular weight is 531 g/mol. The summed E-state index contributed by atoms with van der Waals surface area (Å²) in [5.41, 5.74) is -1.65. The number of piperidine rings is 1. The van der Waals surface area contributed by atoms with Crippen molar-refractivity contribution < 1.29 is 23.5 Å². The highest BCUT2D eigenvalue weighted by molar-refractivity contribution is 6.35. The molecule has 1 saturated heterocycles. The van der Waals surface area contributed by atoms with Crippen LogP contribution >= 0.6 is 23.2 Å². The molecule has 0 aliphatic carbocycles. The number of aromatic nitrogens is 2. The largest absolute Gasteiger partial charge is 0.474 e. The third kappa shape index (κ3) is 5.35. The van der Waals surface area contributed by atoms with E-state index in [9.17, 15) is 19.2 Å². The molecule has 11 heteroatoms. The van der Waals surface area contributed by atoms with Gasteiger partial charge in [-0.2, -0.15) is 5.26 Å². The Hall–Kier alpha value is -3.48. The van der Waals surface area contributed by atoms with Crippen LogP contribution < -0.4 is 9.47 Å². The van der Waals surface area contributed by atoms with Crippen molar-refractivity contribution in [1.29, 1.82) is 5.26 Å². The second-order valence-corrected chi connectivity index (χ2v) is 9.13. The van der Waals surface area contributed by atoms with Gasteiger partial charge in [-0.1, -0.05) is 23.7 Å². The first-order valence-electron chi connectivity index (χ1n) is 11.2. The first-order valence-corrected chi connectivity index (χ1v) is 12.0. The molecule has 0 radical (unpaired) electrons. The van der Waals surface area contributed by atoms with Gasteiger partial charge in [0.25, 0.3) is 5.91 Å². The number of hydrogen-bond donors (Lipinski definition) is 0. The predicted molar refractivity (Wildman–Crippen MR) is 130 cm³/mol. The molecule has 1 fully saturated rings. The van der Waals surface area contributed by atoms with Crippen LogP contribution in [0, 0.1) is 17.1 Å². The molecule has 0 N–H and O–H groups in total. The number of rotatable bonds is 8. The van der Waals surface area contributed by atoms with Crippen LogP contribution in [-0.2, 0) is 9.59 Å². The summed E-state index contributed by atoms with van der Waals surface area (Å²) in [6, 6.07) is 11.8. The first-order chi connectivity index (χ1) is 17.3. The number of alkyl halides is 1. The Morgan fingerprint density at radius 1 is 1.17 bits per heavy atom. The Morgan fingerprint density at radius 3 is 2.64 bits per heavy atom. The minimum Gasteiger partial charge on any atom is -0.474 e. The van der Waals surface area contributed by atoms with Crippen LogP contribution in [0.4, 0.5) is 4.39 Å².